The molecule has 6 nitrogen and oxygen atoms in total. The summed E-state index contributed by atoms with van der Waals surface area (Å²) in [6.45, 7) is 5.42. The van der Waals surface area contributed by atoms with Gasteiger partial charge in [-0.3, -0.25) is 0 Å². The quantitative estimate of drug-likeness (QED) is 0.639. The van der Waals surface area contributed by atoms with Gasteiger partial charge in [-0.05, 0) is 38.5 Å². The Morgan fingerprint density at radius 2 is 1.88 bits per heavy atom. The number of hydrogen-bond acceptors (Lipinski definition) is 5. The third kappa shape index (κ3) is 7.05. The first-order chi connectivity index (χ1) is 11.2. The minimum atomic E-state index is -0.845. The lowest BCUT2D eigenvalue weighted by Gasteiger charge is -2.22. The average molecular weight is 333 g/mol. The van der Waals surface area contributed by atoms with Crippen LogP contribution in [-0.4, -0.2) is 37.4 Å². The lowest BCUT2D eigenvalue weighted by molar-refractivity contribution is -0.143. The molecular formula is C18H23NO5. The van der Waals surface area contributed by atoms with Crippen molar-refractivity contribution in [3.63, 3.8) is 0 Å². The molecule has 0 saturated heterocycles. The van der Waals surface area contributed by atoms with Crippen molar-refractivity contribution < 1.29 is 23.8 Å². The van der Waals surface area contributed by atoms with Gasteiger partial charge in [0.1, 0.15) is 24.0 Å². The van der Waals surface area contributed by atoms with Gasteiger partial charge in [-0.2, -0.15) is 0 Å². The van der Waals surface area contributed by atoms with Crippen LogP contribution in [0.5, 0.6) is 5.75 Å². The summed E-state index contributed by atoms with van der Waals surface area (Å²) in [5, 5.41) is 2.53. The summed E-state index contributed by atoms with van der Waals surface area (Å²) in [6.07, 6.45) is 4.72. The van der Waals surface area contributed by atoms with Gasteiger partial charge in [0.15, 0.2) is 0 Å². The van der Waals surface area contributed by atoms with E-state index in [1.54, 1.807) is 45.0 Å². The summed E-state index contributed by atoms with van der Waals surface area (Å²) in [5.74, 6) is 2.46. The van der Waals surface area contributed by atoms with Crippen LogP contribution in [0.25, 0.3) is 0 Å². The Kier molecular flexibility index (Phi) is 7.12. The number of amides is 1. The first-order valence-electron chi connectivity index (χ1n) is 7.47. The van der Waals surface area contributed by atoms with Gasteiger partial charge in [0, 0.05) is 6.42 Å². The topological polar surface area (TPSA) is 73.9 Å². The van der Waals surface area contributed by atoms with Crippen molar-refractivity contribution in [2.24, 2.45) is 0 Å². The van der Waals surface area contributed by atoms with E-state index in [1.165, 1.54) is 7.11 Å². The van der Waals surface area contributed by atoms with Crippen molar-refractivity contribution in [3.05, 3.63) is 29.8 Å². The Labute approximate surface area is 142 Å². The Morgan fingerprint density at radius 3 is 2.38 bits per heavy atom. The van der Waals surface area contributed by atoms with Gasteiger partial charge in [0.05, 0.1) is 7.11 Å². The minimum absolute atomic E-state index is 0.185. The second kappa shape index (κ2) is 8.82. The van der Waals surface area contributed by atoms with E-state index in [2.05, 4.69) is 11.2 Å². The van der Waals surface area contributed by atoms with Crippen LogP contribution < -0.4 is 10.1 Å². The fraction of sp³-hybridized carbons (Fsp3) is 0.444. The summed E-state index contributed by atoms with van der Waals surface area (Å²) in [7, 11) is 1.27. The minimum Gasteiger partial charge on any atom is -0.481 e. The predicted octanol–water partition coefficient (Wildman–Crippen LogP) is 2.31. The fourth-order valence-electron chi connectivity index (χ4n) is 1.87. The van der Waals surface area contributed by atoms with Gasteiger partial charge in [0.2, 0.25) is 0 Å². The Morgan fingerprint density at radius 1 is 1.25 bits per heavy atom. The van der Waals surface area contributed by atoms with E-state index in [0.717, 1.165) is 5.56 Å². The summed E-state index contributed by atoms with van der Waals surface area (Å²) in [6, 6.07) is 6.22. The van der Waals surface area contributed by atoms with E-state index in [9.17, 15) is 9.59 Å². The molecule has 0 aliphatic heterocycles. The molecule has 1 aromatic rings. The highest BCUT2D eigenvalue weighted by Gasteiger charge is 2.25. The van der Waals surface area contributed by atoms with Crippen LogP contribution >= 0.6 is 0 Å². The largest absolute Gasteiger partial charge is 0.481 e. The number of methoxy groups -OCH3 is 1. The van der Waals surface area contributed by atoms with Gasteiger partial charge < -0.3 is 19.5 Å². The van der Waals surface area contributed by atoms with Gasteiger partial charge in [-0.15, -0.1) is 6.42 Å². The monoisotopic (exact) mass is 333 g/mol. The third-order valence-corrected chi connectivity index (χ3v) is 2.86. The molecule has 0 aliphatic rings. The summed E-state index contributed by atoms with van der Waals surface area (Å²) in [5.41, 5.74) is 0.176. The first-order valence-corrected chi connectivity index (χ1v) is 7.47. The number of carbonyl (C=O) groups is 2. The predicted molar refractivity (Wildman–Crippen MR) is 89.6 cm³/mol. The number of carbonyl (C=O) groups excluding carboxylic acids is 2. The molecule has 1 atom stereocenters. The molecular weight excluding hydrogens is 310 g/mol. The Hall–Kier alpha value is -2.68. The average Bonchev–Trinajstić information content (AvgIpc) is 2.51. The molecule has 0 heterocycles. The molecule has 0 bridgehead atoms. The van der Waals surface area contributed by atoms with E-state index >= 15 is 0 Å². The third-order valence-electron chi connectivity index (χ3n) is 2.86. The molecule has 6 heteroatoms. The molecule has 0 fully saturated rings. The lowest BCUT2D eigenvalue weighted by Crippen LogP contribution is -2.45. The lowest BCUT2D eigenvalue weighted by atomic mass is 10.1. The van der Waals surface area contributed by atoms with Crippen LogP contribution in [-0.2, 0) is 20.7 Å². The summed E-state index contributed by atoms with van der Waals surface area (Å²) < 4.78 is 15.2. The van der Waals surface area contributed by atoms with Crippen LogP contribution in [0.3, 0.4) is 0 Å². The van der Waals surface area contributed by atoms with Gasteiger partial charge in [-0.1, -0.05) is 18.1 Å². The van der Waals surface area contributed by atoms with Gasteiger partial charge >= 0.3 is 12.1 Å². The Bertz CT molecular complexity index is 595. The molecule has 1 aromatic carbocycles. The standard InChI is InChI=1S/C18H23NO5/c1-6-11-23-14-9-7-13(8-10-14)12-15(16(20)22-5)19-17(21)24-18(2,3)4/h1,7-10,15H,11-12H2,2-5H3,(H,19,21). The van der Waals surface area contributed by atoms with Crippen LogP contribution in [0.15, 0.2) is 24.3 Å². The molecule has 0 aliphatic carbocycles. The number of esters is 1. The zero-order valence-electron chi connectivity index (χ0n) is 14.4. The van der Waals surface area contributed by atoms with Crippen molar-refractivity contribution in [2.75, 3.05) is 13.7 Å². The second-order valence-electron chi connectivity index (χ2n) is 6.06. The molecule has 24 heavy (non-hydrogen) atoms. The first kappa shape index (κ1) is 19.4. The highest BCUT2D eigenvalue weighted by Crippen LogP contribution is 2.14. The zero-order valence-corrected chi connectivity index (χ0v) is 14.4. The number of hydrogen-bond donors (Lipinski definition) is 1. The molecule has 0 spiro atoms. The van der Waals surface area contributed by atoms with E-state index in [4.69, 9.17) is 20.6 Å². The van der Waals surface area contributed by atoms with E-state index in [0.29, 0.717) is 5.75 Å². The molecule has 1 unspecified atom stereocenters. The SMILES string of the molecule is C#CCOc1ccc(CC(NC(=O)OC(C)(C)C)C(=O)OC)cc1. The normalized spacial score (nSPS) is 11.8. The summed E-state index contributed by atoms with van der Waals surface area (Å²) >= 11 is 0. The smallest absolute Gasteiger partial charge is 0.408 e. The van der Waals surface area contributed by atoms with E-state index in [1.807, 2.05) is 0 Å². The van der Waals surface area contributed by atoms with Crippen molar-refractivity contribution in [2.45, 2.75) is 38.8 Å². The number of ether oxygens (including phenoxy) is 3. The molecule has 0 aromatic heterocycles. The van der Waals surface area contributed by atoms with Crippen molar-refractivity contribution >= 4 is 12.1 Å². The van der Waals surface area contributed by atoms with Crippen LogP contribution in [0.4, 0.5) is 4.79 Å². The zero-order chi connectivity index (χ0) is 18.2. The van der Waals surface area contributed by atoms with Crippen molar-refractivity contribution in [3.8, 4) is 18.1 Å². The maximum absolute atomic E-state index is 11.9. The summed E-state index contributed by atoms with van der Waals surface area (Å²) in [4.78, 5) is 23.8. The maximum atomic E-state index is 11.9. The fourth-order valence-corrected chi connectivity index (χ4v) is 1.87. The molecule has 0 saturated carbocycles. The van der Waals surface area contributed by atoms with Crippen LogP contribution in [0.1, 0.15) is 26.3 Å². The van der Waals surface area contributed by atoms with Gasteiger partial charge in [0.25, 0.3) is 0 Å². The van der Waals surface area contributed by atoms with E-state index in [-0.39, 0.29) is 13.0 Å². The second-order valence-corrected chi connectivity index (χ2v) is 6.06. The molecule has 1 rings (SSSR count). The number of nitrogens with one attached hydrogen (secondary N) is 1. The maximum Gasteiger partial charge on any atom is 0.408 e. The molecule has 1 amide bonds. The van der Waals surface area contributed by atoms with Crippen LogP contribution in [0, 0.1) is 12.3 Å². The number of alkyl carbamates (subject to hydrolysis) is 1. The van der Waals surface area contributed by atoms with E-state index < -0.39 is 23.7 Å². The highest BCUT2D eigenvalue weighted by atomic mass is 16.6. The van der Waals surface area contributed by atoms with Crippen molar-refractivity contribution in [1.82, 2.24) is 5.32 Å². The highest BCUT2D eigenvalue weighted by molar-refractivity contribution is 5.81. The molecule has 130 valence electrons. The van der Waals surface area contributed by atoms with Crippen molar-refractivity contribution in [1.29, 1.82) is 0 Å². The van der Waals surface area contributed by atoms with Gasteiger partial charge in [-0.25, -0.2) is 9.59 Å². The van der Waals surface area contributed by atoms with Crippen LogP contribution in [0.2, 0.25) is 0 Å². The Balaban J connectivity index is 2.74. The number of terminal acetylenes is 1. The molecule has 0 radical (unpaired) electrons. The number of benzene rings is 1. The molecule has 1 N–H and O–H groups in total. The number of rotatable bonds is 6.